The Balaban J connectivity index is 1.94. The van der Waals surface area contributed by atoms with Crippen LogP contribution in [0.1, 0.15) is 6.42 Å². The molecule has 2 nitrogen and oxygen atoms in total. The lowest BCUT2D eigenvalue weighted by atomic mass is 9.84. The second kappa shape index (κ2) is 1.96. The van der Waals surface area contributed by atoms with E-state index in [0.717, 1.165) is 12.0 Å². The number of hydrogen-bond donors (Lipinski definition) is 1. The fourth-order valence-corrected chi connectivity index (χ4v) is 2.04. The van der Waals surface area contributed by atoms with Crippen LogP contribution in [0.4, 0.5) is 0 Å². The van der Waals surface area contributed by atoms with E-state index in [9.17, 15) is 0 Å². The van der Waals surface area contributed by atoms with Gasteiger partial charge in [-0.2, -0.15) is 0 Å². The summed E-state index contributed by atoms with van der Waals surface area (Å²) < 4.78 is 0. The minimum absolute atomic E-state index is 0.922. The topological polar surface area (TPSA) is 15.3 Å². The number of hydrogen-bond acceptors (Lipinski definition) is 2. The molecule has 2 heteroatoms. The monoisotopic (exact) mass is 126 g/mol. The highest BCUT2D eigenvalue weighted by Gasteiger charge is 2.37. The maximum Gasteiger partial charge on any atom is 0.0157 e. The lowest BCUT2D eigenvalue weighted by Crippen LogP contribution is -2.60. The van der Waals surface area contributed by atoms with E-state index in [-0.39, 0.29) is 0 Å². The van der Waals surface area contributed by atoms with Crippen molar-refractivity contribution in [2.75, 3.05) is 26.7 Å². The van der Waals surface area contributed by atoms with Crippen molar-refractivity contribution in [2.45, 2.75) is 12.5 Å². The highest BCUT2D eigenvalue weighted by atomic mass is 15.2. The van der Waals surface area contributed by atoms with E-state index in [1.165, 1.54) is 26.1 Å². The van der Waals surface area contributed by atoms with Gasteiger partial charge in [-0.1, -0.05) is 0 Å². The number of fused-ring (bicyclic) bond motifs is 1. The van der Waals surface area contributed by atoms with E-state index in [1.807, 2.05) is 0 Å². The zero-order valence-electron chi connectivity index (χ0n) is 5.93. The lowest BCUT2D eigenvalue weighted by molar-refractivity contribution is 0.0186. The molecule has 2 saturated heterocycles. The minimum atomic E-state index is 0.922. The smallest absolute Gasteiger partial charge is 0.0157 e. The Morgan fingerprint density at radius 2 is 2.44 bits per heavy atom. The van der Waals surface area contributed by atoms with Gasteiger partial charge in [0.25, 0.3) is 0 Å². The quantitative estimate of drug-likeness (QED) is 0.488. The van der Waals surface area contributed by atoms with Gasteiger partial charge < -0.3 is 10.2 Å². The molecule has 9 heavy (non-hydrogen) atoms. The number of likely N-dealkylation sites (tertiary alicyclic amines) is 1. The van der Waals surface area contributed by atoms with Crippen molar-refractivity contribution < 1.29 is 0 Å². The van der Waals surface area contributed by atoms with Gasteiger partial charge in [0.2, 0.25) is 0 Å². The van der Waals surface area contributed by atoms with Gasteiger partial charge >= 0.3 is 0 Å². The normalized spacial score (nSPS) is 43.7. The van der Waals surface area contributed by atoms with Crippen LogP contribution in [-0.4, -0.2) is 37.6 Å². The highest BCUT2D eigenvalue weighted by Crippen LogP contribution is 2.26. The molecule has 0 aromatic carbocycles. The Kier molecular flexibility index (Phi) is 1.24. The van der Waals surface area contributed by atoms with Gasteiger partial charge in [-0.15, -0.1) is 0 Å². The molecule has 0 saturated carbocycles. The summed E-state index contributed by atoms with van der Waals surface area (Å²) in [6.45, 7) is 3.80. The molecule has 2 fully saturated rings. The molecule has 0 aromatic heterocycles. The molecule has 2 atom stereocenters. The molecule has 0 aliphatic carbocycles. The fourth-order valence-electron chi connectivity index (χ4n) is 2.04. The summed E-state index contributed by atoms with van der Waals surface area (Å²) in [7, 11) is 2.23. The molecule has 2 aliphatic rings. The van der Waals surface area contributed by atoms with Gasteiger partial charge in [-0.25, -0.2) is 0 Å². The van der Waals surface area contributed by atoms with Crippen LogP contribution in [0.15, 0.2) is 0 Å². The van der Waals surface area contributed by atoms with Crippen LogP contribution in [0.3, 0.4) is 0 Å². The number of piperidine rings is 1. The molecule has 0 aromatic rings. The van der Waals surface area contributed by atoms with Crippen molar-refractivity contribution in [3.63, 3.8) is 0 Å². The summed E-state index contributed by atoms with van der Waals surface area (Å²) in [5.41, 5.74) is 0. The first kappa shape index (κ1) is 5.69. The van der Waals surface area contributed by atoms with Crippen molar-refractivity contribution in [1.29, 1.82) is 0 Å². The van der Waals surface area contributed by atoms with Gasteiger partial charge in [-0.05, 0) is 25.9 Å². The molecule has 2 heterocycles. The van der Waals surface area contributed by atoms with Gasteiger partial charge in [0.05, 0.1) is 0 Å². The molecule has 0 unspecified atom stereocenters. The largest absolute Gasteiger partial charge is 0.316 e. The molecule has 1 N–H and O–H groups in total. The zero-order chi connectivity index (χ0) is 6.27. The third-order valence-corrected chi connectivity index (χ3v) is 2.66. The van der Waals surface area contributed by atoms with Gasteiger partial charge in [0.15, 0.2) is 0 Å². The van der Waals surface area contributed by atoms with Crippen molar-refractivity contribution in [1.82, 2.24) is 10.2 Å². The van der Waals surface area contributed by atoms with Crippen LogP contribution in [-0.2, 0) is 0 Å². The van der Waals surface area contributed by atoms with Crippen LogP contribution in [0.2, 0.25) is 0 Å². The fraction of sp³-hybridized carbons (Fsp3) is 1.00. The van der Waals surface area contributed by atoms with E-state index < -0.39 is 0 Å². The first-order valence-corrected chi connectivity index (χ1v) is 3.79. The molecular weight excluding hydrogens is 112 g/mol. The molecule has 0 bridgehead atoms. The van der Waals surface area contributed by atoms with Crippen LogP contribution in [0.5, 0.6) is 0 Å². The molecule has 0 spiro atoms. The number of rotatable bonds is 0. The van der Waals surface area contributed by atoms with E-state index in [4.69, 9.17) is 0 Å². The summed E-state index contributed by atoms with van der Waals surface area (Å²) in [6.07, 6.45) is 1.36. The van der Waals surface area contributed by atoms with E-state index in [2.05, 4.69) is 17.3 Å². The predicted molar refractivity (Wildman–Crippen MR) is 37.4 cm³/mol. The van der Waals surface area contributed by atoms with E-state index in [0.29, 0.717) is 0 Å². The van der Waals surface area contributed by atoms with Crippen molar-refractivity contribution in [3.05, 3.63) is 0 Å². The molecular formula is C7H14N2. The molecule has 52 valence electrons. The zero-order valence-corrected chi connectivity index (χ0v) is 5.93. The Hall–Kier alpha value is -0.0800. The summed E-state index contributed by atoms with van der Waals surface area (Å²) in [5, 5.41) is 3.41. The first-order valence-electron chi connectivity index (χ1n) is 3.79. The summed E-state index contributed by atoms with van der Waals surface area (Å²) in [6, 6.07) is 0.922. The summed E-state index contributed by atoms with van der Waals surface area (Å²) >= 11 is 0. The third kappa shape index (κ3) is 0.775. The Morgan fingerprint density at radius 1 is 1.56 bits per heavy atom. The van der Waals surface area contributed by atoms with E-state index in [1.54, 1.807) is 0 Å². The number of nitrogens with zero attached hydrogens (tertiary/aromatic N) is 1. The van der Waals surface area contributed by atoms with Crippen molar-refractivity contribution >= 4 is 0 Å². The van der Waals surface area contributed by atoms with Gasteiger partial charge in [0, 0.05) is 19.1 Å². The van der Waals surface area contributed by atoms with Crippen LogP contribution < -0.4 is 5.32 Å². The summed E-state index contributed by atoms with van der Waals surface area (Å²) in [4.78, 5) is 2.46. The van der Waals surface area contributed by atoms with Gasteiger partial charge in [-0.3, -0.25) is 0 Å². The van der Waals surface area contributed by atoms with Crippen molar-refractivity contribution in [3.8, 4) is 0 Å². The highest BCUT2D eigenvalue weighted by molar-refractivity contribution is 4.93. The average molecular weight is 126 g/mol. The van der Waals surface area contributed by atoms with Crippen LogP contribution in [0.25, 0.3) is 0 Å². The SMILES string of the molecule is CN1C[C@@H]2CNCC[C@H]21. The lowest BCUT2D eigenvalue weighted by Gasteiger charge is -2.49. The number of nitrogens with one attached hydrogen (secondary N) is 1. The standard InChI is InChI=1S/C7H14N2/c1-9-5-6-4-8-3-2-7(6)9/h6-8H,2-5H2,1H3/t6-,7+/m0/s1. The molecule has 0 amide bonds. The maximum atomic E-state index is 3.41. The second-order valence-corrected chi connectivity index (χ2v) is 3.26. The van der Waals surface area contributed by atoms with E-state index >= 15 is 0 Å². The second-order valence-electron chi connectivity index (χ2n) is 3.26. The van der Waals surface area contributed by atoms with Gasteiger partial charge in [0.1, 0.15) is 0 Å². The Morgan fingerprint density at radius 3 is 3.00 bits per heavy atom. The maximum absolute atomic E-state index is 3.41. The minimum Gasteiger partial charge on any atom is -0.316 e. The predicted octanol–water partition coefficient (Wildman–Crippen LogP) is -0.0901. The Bertz CT molecular complexity index is 111. The Labute approximate surface area is 56.2 Å². The van der Waals surface area contributed by atoms with Crippen molar-refractivity contribution in [2.24, 2.45) is 5.92 Å². The molecule has 2 aliphatic heterocycles. The average Bonchev–Trinajstić information content (AvgIpc) is 1.86. The van der Waals surface area contributed by atoms with Crippen LogP contribution in [0, 0.1) is 5.92 Å². The molecule has 2 rings (SSSR count). The summed E-state index contributed by atoms with van der Waals surface area (Å²) in [5.74, 6) is 0.976. The third-order valence-electron chi connectivity index (χ3n) is 2.66. The molecule has 0 radical (unpaired) electrons. The first-order chi connectivity index (χ1) is 4.38. The van der Waals surface area contributed by atoms with Crippen LogP contribution >= 0.6 is 0 Å².